The van der Waals surface area contributed by atoms with E-state index in [-0.39, 0.29) is 7.43 Å². The Kier molecular flexibility index (Phi) is 9.76. The molecule has 1 saturated heterocycles. The fraction of sp³-hybridized carbons (Fsp3) is 0.750. The third-order valence-electron chi connectivity index (χ3n) is 3.72. The zero-order chi connectivity index (χ0) is 12.5. The summed E-state index contributed by atoms with van der Waals surface area (Å²) in [6.45, 7) is 11.8. The molecule has 0 unspecified atom stereocenters. The summed E-state index contributed by atoms with van der Waals surface area (Å²) >= 11 is 0. The van der Waals surface area contributed by atoms with Crippen LogP contribution < -0.4 is 5.32 Å². The summed E-state index contributed by atoms with van der Waals surface area (Å²) < 4.78 is 0. The molecule has 0 saturated carbocycles. The maximum atomic E-state index is 3.80. The summed E-state index contributed by atoms with van der Waals surface area (Å²) in [5, 5.41) is 3.44. The third-order valence-corrected chi connectivity index (χ3v) is 3.72. The number of piperidine rings is 1. The van der Waals surface area contributed by atoms with Gasteiger partial charge in [0.05, 0.1) is 0 Å². The van der Waals surface area contributed by atoms with Crippen LogP contribution in [0, 0.1) is 0 Å². The Hall–Kier alpha value is -0.760. The van der Waals surface area contributed by atoms with Crippen LogP contribution in [-0.2, 0) is 0 Å². The van der Waals surface area contributed by atoms with Crippen molar-refractivity contribution in [2.75, 3.05) is 19.6 Å². The fourth-order valence-electron chi connectivity index (χ4n) is 2.60. The second-order valence-corrected chi connectivity index (χ2v) is 4.82. The van der Waals surface area contributed by atoms with Crippen molar-refractivity contribution in [2.45, 2.75) is 59.4 Å². The molecule has 0 aromatic carbocycles. The average molecular weight is 252 g/mol. The highest BCUT2D eigenvalue weighted by molar-refractivity contribution is 5.12. The van der Waals surface area contributed by atoms with E-state index in [0.29, 0.717) is 0 Å². The van der Waals surface area contributed by atoms with Crippen molar-refractivity contribution >= 4 is 0 Å². The zero-order valence-corrected chi connectivity index (χ0v) is 11.5. The Morgan fingerprint density at radius 2 is 2.00 bits per heavy atom. The Morgan fingerprint density at radius 1 is 1.33 bits per heavy atom. The molecule has 1 rings (SSSR count). The molecule has 0 spiro atoms. The lowest BCUT2D eigenvalue weighted by molar-refractivity contribution is 0.151. The summed E-state index contributed by atoms with van der Waals surface area (Å²) in [4.78, 5) is 2.68. The van der Waals surface area contributed by atoms with Crippen LogP contribution in [0.15, 0.2) is 24.4 Å². The van der Waals surface area contributed by atoms with Gasteiger partial charge in [0.15, 0.2) is 0 Å². The van der Waals surface area contributed by atoms with Gasteiger partial charge in [0, 0.05) is 18.3 Å². The third kappa shape index (κ3) is 5.72. The van der Waals surface area contributed by atoms with E-state index in [1.807, 2.05) is 13.0 Å². The SMILES string of the molecule is C.C=C/C(=C/C)NCC[C@H](CC)N1CCCCC1. The van der Waals surface area contributed by atoms with Crippen LogP contribution in [0.4, 0.5) is 0 Å². The van der Waals surface area contributed by atoms with Gasteiger partial charge in [0.25, 0.3) is 0 Å². The van der Waals surface area contributed by atoms with Gasteiger partial charge >= 0.3 is 0 Å². The number of allylic oxidation sites excluding steroid dienone is 2. The first-order chi connectivity index (χ1) is 8.31. The smallest absolute Gasteiger partial charge is 0.0290 e. The summed E-state index contributed by atoms with van der Waals surface area (Å²) in [5.74, 6) is 0. The standard InChI is InChI=1S/C15H28N2.CH4/c1-4-14(5-2)16-11-10-15(6-3)17-12-8-7-9-13-17;/h4-5,15-16H,1,6-13H2,2-3H3;1H4/b14-5-;/t15-;/m0./s1. The predicted molar refractivity (Wildman–Crippen MR) is 82.8 cm³/mol. The van der Waals surface area contributed by atoms with Crippen molar-refractivity contribution in [1.29, 1.82) is 0 Å². The molecule has 1 heterocycles. The van der Waals surface area contributed by atoms with E-state index in [0.717, 1.165) is 18.3 Å². The lowest BCUT2D eigenvalue weighted by Crippen LogP contribution is -2.40. The lowest BCUT2D eigenvalue weighted by Gasteiger charge is -2.34. The van der Waals surface area contributed by atoms with Crippen molar-refractivity contribution in [3.05, 3.63) is 24.4 Å². The minimum atomic E-state index is 0. The van der Waals surface area contributed by atoms with Crippen molar-refractivity contribution in [2.24, 2.45) is 0 Å². The van der Waals surface area contributed by atoms with Gasteiger partial charge in [-0.25, -0.2) is 0 Å². The van der Waals surface area contributed by atoms with E-state index in [4.69, 9.17) is 0 Å². The van der Waals surface area contributed by atoms with Crippen molar-refractivity contribution in [1.82, 2.24) is 10.2 Å². The monoisotopic (exact) mass is 252 g/mol. The highest BCUT2D eigenvalue weighted by atomic mass is 15.2. The van der Waals surface area contributed by atoms with Crippen LogP contribution in [0.25, 0.3) is 0 Å². The van der Waals surface area contributed by atoms with Gasteiger partial charge in [-0.2, -0.15) is 0 Å². The van der Waals surface area contributed by atoms with Crippen LogP contribution >= 0.6 is 0 Å². The zero-order valence-electron chi connectivity index (χ0n) is 11.5. The molecule has 0 aliphatic carbocycles. The van der Waals surface area contributed by atoms with E-state index in [1.54, 1.807) is 0 Å². The number of hydrogen-bond acceptors (Lipinski definition) is 2. The van der Waals surface area contributed by atoms with Crippen molar-refractivity contribution < 1.29 is 0 Å². The van der Waals surface area contributed by atoms with Gasteiger partial charge in [-0.1, -0.05) is 33.4 Å². The quantitative estimate of drug-likeness (QED) is 0.690. The molecule has 0 aromatic heterocycles. The van der Waals surface area contributed by atoms with Crippen molar-refractivity contribution in [3.8, 4) is 0 Å². The molecule has 2 nitrogen and oxygen atoms in total. The molecule has 0 bridgehead atoms. The van der Waals surface area contributed by atoms with E-state index in [1.165, 1.54) is 45.2 Å². The maximum Gasteiger partial charge on any atom is 0.0290 e. The van der Waals surface area contributed by atoms with Crippen LogP contribution in [0.1, 0.15) is 53.4 Å². The van der Waals surface area contributed by atoms with Gasteiger partial charge < -0.3 is 10.2 Å². The van der Waals surface area contributed by atoms with E-state index in [2.05, 4.69) is 29.8 Å². The van der Waals surface area contributed by atoms with Gasteiger partial charge in [-0.05, 0) is 51.8 Å². The molecular weight excluding hydrogens is 220 g/mol. The molecule has 106 valence electrons. The van der Waals surface area contributed by atoms with Crippen LogP contribution in [0.2, 0.25) is 0 Å². The summed E-state index contributed by atoms with van der Waals surface area (Å²) in [7, 11) is 0. The second-order valence-electron chi connectivity index (χ2n) is 4.82. The Bertz CT molecular complexity index is 239. The fourth-order valence-corrected chi connectivity index (χ4v) is 2.60. The maximum absolute atomic E-state index is 3.80. The lowest BCUT2D eigenvalue weighted by atomic mass is 10.0. The normalized spacial score (nSPS) is 18.9. The summed E-state index contributed by atoms with van der Waals surface area (Å²) in [6.07, 6.45) is 10.7. The highest BCUT2D eigenvalue weighted by Crippen LogP contribution is 2.16. The van der Waals surface area contributed by atoms with Gasteiger partial charge in [-0.15, -0.1) is 0 Å². The number of likely N-dealkylation sites (tertiary alicyclic amines) is 1. The van der Waals surface area contributed by atoms with Gasteiger partial charge in [-0.3, -0.25) is 0 Å². The average Bonchev–Trinajstić information content (AvgIpc) is 2.40. The van der Waals surface area contributed by atoms with Crippen LogP contribution in [0.3, 0.4) is 0 Å². The number of nitrogens with one attached hydrogen (secondary N) is 1. The van der Waals surface area contributed by atoms with Crippen molar-refractivity contribution in [3.63, 3.8) is 0 Å². The molecule has 1 atom stereocenters. The Morgan fingerprint density at radius 3 is 2.50 bits per heavy atom. The molecule has 18 heavy (non-hydrogen) atoms. The van der Waals surface area contributed by atoms with Crippen LogP contribution in [-0.4, -0.2) is 30.6 Å². The van der Waals surface area contributed by atoms with E-state index >= 15 is 0 Å². The van der Waals surface area contributed by atoms with Crippen LogP contribution in [0.5, 0.6) is 0 Å². The summed E-state index contributed by atoms with van der Waals surface area (Å²) in [6, 6.07) is 0.755. The first kappa shape index (κ1) is 17.2. The predicted octanol–water partition coefficient (Wildman–Crippen LogP) is 3.96. The van der Waals surface area contributed by atoms with Gasteiger partial charge in [0.1, 0.15) is 0 Å². The topological polar surface area (TPSA) is 15.3 Å². The van der Waals surface area contributed by atoms with Gasteiger partial charge in [0.2, 0.25) is 0 Å². The number of nitrogens with zero attached hydrogens (tertiary/aromatic N) is 1. The first-order valence-electron chi connectivity index (χ1n) is 7.08. The molecule has 0 aromatic rings. The molecule has 1 fully saturated rings. The molecular formula is C16H32N2. The Balaban J connectivity index is 0.00000289. The minimum absolute atomic E-state index is 0. The molecule has 1 N–H and O–H groups in total. The second kappa shape index (κ2) is 10.2. The minimum Gasteiger partial charge on any atom is -0.385 e. The first-order valence-corrected chi connectivity index (χ1v) is 7.08. The molecule has 0 radical (unpaired) electrons. The molecule has 1 aliphatic rings. The number of rotatable bonds is 7. The number of hydrogen-bond donors (Lipinski definition) is 1. The largest absolute Gasteiger partial charge is 0.385 e. The Labute approximate surface area is 114 Å². The van der Waals surface area contributed by atoms with E-state index < -0.39 is 0 Å². The van der Waals surface area contributed by atoms with E-state index in [9.17, 15) is 0 Å². The molecule has 0 amide bonds. The molecule has 2 heteroatoms. The summed E-state index contributed by atoms with van der Waals surface area (Å²) in [5.41, 5.74) is 1.15. The molecule has 1 aliphatic heterocycles. The highest BCUT2D eigenvalue weighted by Gasteiger charge is 2.18.